The normalized spacial score (nSPS) is 34.5. The van der Waals surface area contributed by atoms with E-state index in [0.717, 1.165) is 25.4 Å². The summed E-state index contributed by atoms with van der Waals surface area (Å²) < 4.78 is 12.1. The molecule has 1 aromatic heterocycles. The summed E-state index contributed by atoms with van der Waals surface area (Å²) in [6, 6.07) is 6.61. The molecule has 0 radical (unpaired) electrons. The molecule has 3 aliphatic rings. The summed E-state index contributed by atoms with van der Waals surface area (Å²) in [6.45, 7) is 3.00. The molecule has 2 atom stereocenters. The van der Waals surface area contributed by atoms with E-state index in [1.807, 2.05) is 18.2 Å². The number of ether oxygens (including phenoxy) is 2. The van der Waals surface area contributed by atoms with Crippen LogP contribution in [0, 0.1) is 0 Å². The number of aromatic nitrogens is 1. The summed E-state index contributed by atoms with van der Waals surface area (Å²) in [7, 11) is 0. The minimum absolute atomic E-state index is 0.0506. The molecule has 0 amide bonds. The van der Waals surface area contributed by atoms with Crippen molar-refractivity contribution in [2.24, 2.45) is 0 Å². The Hall–Kier alpha value is -1.13. The molecule has 0 aromatic carbocycles. The first-order valence-electron chi connectivity index (χ1n) is 7.79. The summed E-state index contributed by atoms with van der Waals surface area (Å²) >= 11 is 0. The lowest BCUT2D eigenvalue weighted by Crippen LogP contribution is -2.41. The van der Waals surface area contributed by atoms with Crippen LogP contribution in [-0.4, -0.2) is 47.3 Å². The molecule has 2 saturated heterocycles. The first-order valence-corrected chi connectivity index (χ1v) is 7.79. The van der Waals surface area contributed by atoms with E-state index in [4.69, 9.17) is 9.47 Å². The lowest BCUT2D eigenvalue weighted by molar-refractivity contribution is 0.00260. The number of rotatable bonds is 3. The summed E-state index contributed by atoms with van der Waals surface area (Å²) in [5, 5.41) is 0. The maximum Gasteiger partial charge on any atom is 0.213 e. The maximum atomic E-state index is 6.14. The molecule has 4 heteroatoms. The Labute approximate surface area is 120 Å². The van der Waals surface area contributed by atoms with Crippen LogP contribution in [0.5, 0.6) is 5.88 Å². The molecule has 108 valence electrons. The molecule has 4 rings (SSSR count). The Bertz CT molecular complexity index is 463. The predicted molar refractivity (Wildman–Crippen MR) is 75.8 cm³/mol. The Kier molecular flexibility index (Phi) is 3.15. The van der Waals surface area contributed by atoms with Gasteiger partial charge in [0.1, 0.15) is 6.10 Å². The van der Waals surface area contributed by atoms with Crippen molar-refractivity contribution in [3.05, 3.63) is 24.4 Å². The zero-order valence-electron chi connectivity index (χ0n) is 11.8. The van der Waals surface area contributed by atoms with Gasteiger partial charge in [0.25, 0.3) is 0 Å². The first-order chi connectivity index (χ1) is 9.83. The number of hydrogen-bond acceptors (Lipinski definition) is 4. The van der Waals surface area contributed by atoms with Crippen LogP contribution in [-0.2, 0) is 4.74 Å². The molecule has 3 heterocycles. The van der Waals surface area contributed by atoms with Crippen molar-refractivity contribution in [1.29, 1.82) is 0 Å². The van der Waals surface area contributed by atoms with Crippen LogP contribution in [0.1, 0.15) is 32.1 Å². The third kappa shape index (κ3) is 2.31. The fourth-order valence-corrected chi connectivity index (χ4v) is 3.69. The highest BCUT2D eigenvalue weighted by Gasteiger charge is 2.48. The monoisotopic (exact) mass is 274 g/mol. The van der Waals surface area contributed by atoms with Crippen LogP contribution in [0.15, 0.2) is 24.4 Å². The molecule has 0 bridgehead atoms. The summed E-state index contributed by atoms with van der Waals surface area (Å²) in [4.78, 5) is 6.87. The number of pyridine rings is 1. The van der Waals surface area contributed by atoms with Crippen molar-refractivity contribution < 1.29 is 9.47 Å². The number of nitrogens with zero attached hydrogens (tertiary/aromatic N) is 2. The van der Waals surface area contributed by atoms with Crippen LogP contribution in [0.25, 0.3) is 0 Å². The lowest BCUT2D eigenvalue weighted by atomic mass is 9.91. The first kappa shape index (κ1) is 12.6. The molecule has 4 nitrogen and oxygen atoms in total. The van der Waals surface area contributed by atoms with E-state index in [0.29, 0.717) is 12.5 Å². The molecule has 0 N–H and O–H groups in total. The van der Waals surface area contributed by atoms with Gasteiger partial charge in [0.15, 0.2) is 0 Å². The molecule has 0 unspecified atom stereocenters. The minimum atomic E-state index is 0.0506. The fourth-order valence-electron chi connectivity index (χ4n) is 3.69. The second-order valence-corrected chi connectivity index (χ2v) is 6.41. The Morgan fingerprint density at radius 3 is 3.05 bits per heavy atom. The number of hydrogen-bond donors (Lipinski definition) is 0. The number of likely N-dealkylation sites (tertiary alicyclic amines) is 1. The molecule has 2 aliphatic heterocycles. The minimum Gasteiger partial charge on any atom is -0.472 e. The van der Waals surface area contributed by atoms with Crippen molar-refractivity contribution in [3.8, 4) is 5.88 Å². The average Bonchev–Trinajstić information content (AvgIpc) is 2.97. The van der Waals surface area contributed by atoms with E-state index in [2.05, 4.69) is 9.88 Å². The highest BCUT2D eigenvalue weighted by molar-refractivity contribution is 5.11. The predicted octanol–water partition coefficient (Wildman–Crippen LogP) is 2.25. The molecular formula is C16H22N2O2. The van der Waals surface area contributed by atoms with Gasteiger partial charge >= 0.3 is 0 Å². The summed E-state index contributed by atoms with van der Waals surface area (Å²) in [6.07, 6.45) is 8.26. The van der Waals surface area contributed by atoms with E-state index in [9.17, 15) is 0 Å². The fraction of sp³-hybridized carbons (Fsp3) is 0.688. The van der Waals surface area contributed by atoms with Crippen molar-refractivity contribution in [1.82, 2.24) is 9.88 Å². The van der Waals surface area contributed by atoms with Gasteiger partial charge in [-0.1, -0.05) is 12.5 Å². The largest absolute Gasteiger partial charge is 0.472 e. The van der Waals surface area contributed by atoms with Crippen LogP contribution in [0.3, 0.4) is 0 Å². The lowest BCUT2D eigenvalue weighted by Gasteiger charge is -2.35. The van der Waals surface area contributed by atoms with Crippen molar-refractivity contribution in [3.63, 3.8) is 0 Å². The van der Waals surface area contributed by atoms with Gasteiger partial charge in [-0.25, -0.2) is 4.98 Å². The van der Waals surface area contributed by atoms with Gasteiger partial charge in [-0.3, -0.25) is 4.90 Å². The smallest absolute Gasteiger partial charge is 0.213 e. The average molecular weight is 274 g/mol. The Morgan fingerprint density at radius 2 is 2.30 bits per heavy atom. The van der Waals surface area contributed by atoms with Crippen LogP contribution >= 0.6 is 0 Å². The van der Waals surface area contributed by atoms with E-state index in [1.165, 1.54) is 25.8 Å². The zero-order valence-corrected chi connectivity index (χ0v) is 11.8. The standard InChI is InChI=1S/C16H22N2O2/c1-2-8-17-15(6-1)20-14-10-16(19-11-14)7-9-18(12-16)13-4-3-5-13/h1-2,6,8,13-14H,3-5,7,9-12H2/t14-,16-/m1/s1. The topological polar surface area (TPSA) is 34.6 Å². The highest BCUT2D eigenvalue weighted by Crippen LogP contribution is 2.39. The molecular weight excluding hydrogens is 252 g/mol. The molecule has 1 aromatic rings. The molecule has 3 fully saturated rings. The van der Waals surface area contributed by atoms with Gasteiger partial charge < -0.3 is 9.47 Å². The van der Waals surface area contributed by atoms with Gasteiger partial charge in [0.05, 0.1) is 12.2 Å². The second-order valence-electron chi connectivity index (χ2n) is 6.41. The summed E-state index contributed by atoms with van der Waals surface area (Å²) in [5.74, 6) is 0.715. The van der Waals surface area contributed by atoms with E-state index >= 15 is 0 Å². The van der Waals surface area contributed by atoms with Gasteiger partial charge in [-0.2, -0.15) is 0 Å². The van der Waals surface area contributed by atoms with Gasteiger partial charge in [0, 0.05) is 37.8 Å². The highest BCUT2D eigenvalue weighted by atomic mass is 16.6. The van der Waals surface area contributed by atoms with Crippen molar-refractivity contribution in [2.45, 2.75) is 49.9 Å². The van der Waals surface area contributed by atoms with E-state index in [1.54, 1.807) is 6.20 Å². The van der Waals surface area contributed by atoms with Crippen molar-refractivity contribution in [2.75, 3.05) is 19.7 Å². The molecule has 1 saturated carbocycles. The van der Waals surface area contributed by atoms with Crippen LogP contribution < -0.4 is 4.74 Å². The van der Waals surface area contributed by atoms with Gasteiger partial charge in [-0.15, -0.1) is 0 Å². The molecule has 20 heavy (non-hydrogen) atoms. The van der Waals surface area contributed by atoms with E-state index < -0.39 is 0 Å². The van der Waals surface area contributed by atoms with E-state index in [-0.39, 0.29) is 11.7 Å². The zero-order chi connectivity index (χ0) is 13.4. The maximum absolute atomic E-state index is 6.14. The molecule has 1 spiro atoms. The van der Waals surface area contributed by atoms with Gasteiger partial charge in [-0.05, 0) is 25.3 Å². The van der Waals surface area contributed by atoms with Gasteiger partial charge in [0.2, 0.25) is 5.88 Å². The van der Waals surface area contributed by atoms with Crippen LogP contribution in [0.4, 0.5) is 0 Å². The second kappa shape index (κ2) is 5.01. The third-order valence-corrected chi connectivity index (χ3v) is 5.04. The summed E-state index contributed by atoms with van der Waals surface area (Å²) in [5.41, 5.74) is 0.0506. The Morgan fingerprint density at radius 1 is 1.35 bits per heavy atom. The molecule has 1 aliphatic carbocycles. The van der Waals surface area contributed by atoms with Crippen molar-refractivity contribution >= 4 is 0 Å². The third-order valence-electron chi connectivity index (χ3n) is 5.04. The Balaban J connectivity index is 1.36. The van der Waals surface area contributed by atoms with Crippen LogP contribution in [0.2, 0.25) is 0 Å². The SMILES string of the molecule is c1ccc(O[C@H]2CO[C@]3(CCN(C4CCC4)C3)C2)nc1. The quantitative estimate of drug-likeness (QED) is 0.846.